The van der Waals surface area contributed by atoms with E-state index in [1.165, 1.54) is 10.5 Å². The number of fused-ring (bicyclic) bond motifs is 1. The average Bonchev–Trinajstić information content (AvgIpc) is 2.89. The third-order valence-corrected chi connectivity index (χ3v) is 5.48. The third kappa shape index (κ3) is 3.61. The van der Waals surface area contributed by atoms with E-state index in [0.717, 1.165) is 25.7 Å². The van der Waals surface area contributed by atoms with Crippen molar-refractivity contribution in [3.05, 3.63) is 29.8 Å². The van der Waals surface area contributed by atoms with Gasteiger partial charge < -0.3 is 10.5 Å². The maximum absolute atomic E-state index is 12.4. The minimum atomic E-state index is -0.523. The number of benzene rings is 1. The summed E-state index contributed by atoms with van der Waals surface area (Å²) in [5.74, 6) is -0.120. The summed E-state index contributed by atoms with van der Waals surface area (Å²) >= 11 is 1.88. The van der Waals surface area contributed by atoms with Crippen molar-refractivity contribution in [2.24, 2.45) is 11.1 Å². The fourth-order valence-electron chi connectivity index (χ4n) is 3.12. The Morgan fingerprint density at radius 3 is 2.81 bits per heavy atom. The molecule has 0 fully saturated rings. The van der Waals surface area contributed by atoms with E-state index < -0.39 is 5.41 Å². The molecular weight excluding hydrogens is 282 g/mol. The Hall–Kier alpha value is -1.00. The van der Waals surface area contributed by atoms with Gasteiger partial charge in [0.2, 0.25) is 0 Å². The first-order valence-corrected chi connectivity index (χ1v) is 8.65. The van der Waals surface area contributed by atoms with Crippen molar-refractivity contribution in [2.75, 3.05) is 13.2 Å². The monoisotopic (exact) mass is 307 g/mol. The van der Waals surface area contributed by atoms with Gasteiger partial charge in [-0.15, -0.1) is 11.8 Å². The maximum atomic E-state index is 12.4. The zero-order valence-electron chi connectivity index (χ0n) is 12.9. The van der Waals surface area contributed by atoms with E-state index in [0.29, 0.717) is 18.4 Å². The second-order valence-electron chi connectivity index (χ2n) is 5.71. The third-order valence-electron chi connectivity index (χ3n) is 4.16. The Kier molecular flexibility index (Phi) is 5.71. The summed E-state index contributed by atoms with van der Waals surface area (Å²) in [6, 6.07) is 8.49. The van der Waals surface area contributed by atoms with Gasteiger partial charge in [0.25, 0.3) is 0 Å². The molecule has 1 heterocycles. The van der Waals surface area contributed by atoms with E-state index in [1.54, 1.807) is 0 Å². The van der Waals surface area contributed by atoms with Crippen LogP contribution >= 0.6 is 11.8 Å². The van der Waals surface area contributed by atoms with Gasteiger partial charge in [-0.1, -0.05) is 31.5 Å². The highest BCUT2D eigenvalue weighted by Gasteiger charge is 2.41. The molecule has 1 aliphatic heterocycles. The zero-order chi connectivity index (χ0) is 15.3. The summed E-state index contributed by atoms with van der Waals surface area (Å²) in [5, 5.41) is 0.418. The molecule has 1 aliphatic rings. The van der Waals surface area contributed by atoms with Crippen LogP contribution in [0.25, 0.3) is 0 Å². The van der Waals surface area contributed by atoms with E-state index >= 15 is 0 Å². The molecular formula is C17H25NO2S. The van der Waals surface area contributed by atoms with Crippen molar-refractivity contribution in [2.45, 2.75) is 49.7 Å². The Balaban J connectivity index is 2.11. The normalized spacial score (nSPS) is 19.9. The van der Waals surface area contributed by atoms with E-state index in [1.807, 2.05) is 18.7 Å². The van der Waals surface area contributed by atoms with Crippen LogP contribution in [-0.2, 0) is 16.0 Å². The minimum absolute atomic E-state index is 0.120. The maximum Gasteiger partial charge on any atom is 0.313 e. The first-order chi connectivity index (χ1) is 10.1. The molecule has 2 N–H and O–H groups in total. The van der Waals surface area contributed by atoms with Gasteiger partial charge in [-0.2, -0.15) is 0 Å². The first-order valence-electron chi connectivity index (χ1n) is 7.77. The molecule has 0 radical (unpaired) electrons. The number of thioether (sulfide) groups is 1. The minimum Gasteiger partial charge on any atom is -0.466 e. The molecule has 2 rings (SSSR count). The predicted octanol–water partition coefficient (Wildman–Crippen LogP) is 3.40. The zero-order valence-corrected chi connectivity index (χ0v) is 13.7. The lowest BCUT2D eigenvalue weighted by Gasteiger charge is -2.32. The molecule has 2 unspecified atom stereocenters. The molecule has 0 aromatic heterocycles. The average molecular weight is 307 g/mol. The number of esters is 1. The van der Waals surface area contributed by atoms with Crippen LogP contribution in [0.15, 0.2) is 29.2 Å². The topological polar surface area (TPSA) is 52.3 Å². The van der Waals surface area contributed by atoms with Crippen LogP contribution in [0, 0.1) is 5.41 Å². The molecule has 2 atom stereocenters. The predicted molar refractivity (Wildman–Crippen MR) is 87.4 cm³/mol. The number of hydrogen-bond acceptors (Lipinski definition) is 4. The van der Waals surface area contributed by atoms with Gasteiger partial charge >= 0.3 is 5.97 Å². The summed E-state index contributed by atoms with van der Waals surface area (Å²) in [7, 11) is 0. The molecule has 116 valence electrons. The van der Waals surface area contributed by atoms with E-state index in [9.17, 15) is 4.79 Å². The second kappa shape index (κ2) is 7.32. The number of ether oxygens (including phenoxy) is 1. The highest BCUT2D eigenvalue weighted by molar-refractivity contribution is 8.00. The van der Waals surface area contributed by atoms with Crippen LogP contribution in [0.3, 0.4) is 0 Å². The molecule has 0 saturated carbocycles. The molecule has 1 aromatic rings. The van der Waals surface area contributed by atoms with Crippen molar-refractivity contribution in [3.63, 3.8) is 0 Å². The van der Waals surface area contributed by atoms with Gasteiger partial charge in [0.15, 0.2) is 0 Å². The van der Waals surface area contributed by atoms with E-state index in [-0.39, 0.29) is 5.97 Å². The van der Waals surface area contributed by atoms with Crippen molar-refractivity contribution in [1.82, 2.24) is 0 Å². The van der Waals surface area contributed by atoms with Crippen molar-refractivity contribution in [3.8, 4) is 0 Å². The number of rotatable bonds is 7. The Labute approximate surface area is 131 Å². The summed E-state index contributed by atoms with van der Waals surface area (Å²) in [6.07, 6.45) is 3.57. The van der Waals surface area contributed by atoms with Gasteiger partial charge in [0.05, 0.1) is 12.0 Å². The number of nitrogens with two attached hydrogens (primary N) is 1. The number of hydrogen-bond donors (Lipinski definition) is 1. The largest absolute Gasteiger partial charge is 0.466 e. The van der Waals surface area contributed by atoms with Gasteiger partial charge in [-0.3, -0.25) is 4.79 Å². The molecule has 4 heteroatoms. The van der Waals surface area contributed by atoms with E-state index in [2.05, 4.69) is 31.2 Å². The van der Waals surface area contributed by atoms with Gasteiger partial charge in [-0.25, -0.2) is 0 Å². The smallest absolute Gasteiger partial charge is 0.313 e. The standard InChI is InChI=1S/C17H25NO2S/c1-3-9-17(12-18,16(19)20-4-2)11-14-10-13-7-5-6-8-15(13)21-14/h5-8,14H,3-4,9-12,18H2,1-2H3. The highest BCUT2D eigenvalue weighted by Crippen LogP contribution is 2.43. The molecule has 21 heavy (non-hydrogen) atoms. The van der Waals surface area contributed by atoms with Crippen LogP contribution in [0.5, 0.6) is 0 Å². The lowest BCUT2D eigenvalue weighted by atomic mass is 9.78. The van der Waals surface area contributed by atoms with Crippen LogP contribution < -0.4 is 5.73 Å². The SMILES string of the molecule is CCCC(CN)(CC1Cc2ccccc2S1)C(=O)OCC. The molecule has 0 saturated heterocycles. The summed E-state index contributed by atoms with van der Waals surface area (Å²) < 4.78 is 5.31. The number of carbonyl (C=O) groups excluding carboxylic acids is 1. The van der Waals surface area contributed by atoms with Gasteiger partial charge in [0, 0.05) is 16.7 Å². The molecule has 0 bridgehead atoms. The van der Waals surface area contributed by atoms with Crippen LogP contribution in [0.2, 0.25) is 0 Å². The lowest BCUT2D eigenvalue weighted by molar-refractivity contribution is -0.155. The highest BCUT2D eigenvalue weighted by atomic mass is 32.2. The Morgan fingerprint density at radius 1 is 1.43 bits per heavy atom. The van der Waals surface area contributed by atoms with Crippen molar-refractivity contribution < 1.29 is 9.53 Å². The van der Waals surface area contributed by atoms with E-state index in [4.69, 9.17) is 10.5 Å². The van der Waals surface area contributed by atoms with Gasteiger partial charge in [0.1, 0.15) is 0 Å². The Morgan fingerprint density at radius 2 is 2.19 bits per heavy atom. The fourth-order valence-corrected chi connectivity index (χ4v) is 4.61. The second-order valence-corrected chi connectivity index (χ2v) is 7.05. The van der Waals surface area contributed by atoms with Crippen molar-refractivity contribution >= 4 is 17.7 Å². The first kappa shape index (κ1) is 16.4. The molecule has 0 spiro atoms. The number of carbonyl (C=O) groups is 1. The van der Waals surface area contributed by atoms with Crippen LogP contribution in [-0.4, -0.2) is 24.4 Å². The fraction of sp³-hybridized carbons (Fsp3) is 0.588. The molecule has 0 amide bonds. The Bertz CT molecular complexity index is 466. The quantitative estimate of drug-likeness (QED) is 0.784. The molecule has 1 aromatic carbocycles. The summed E-state index contributed by atoms with van der Waals surface area (Å²) in [5.41, 5.74) is 6.86. The van der Waals surface area contributed by atoms with Crippen LogP contribution in [0.4, 0.5) is 0 Å². The van der Waals surface area contributed by atoms with Crippen molar-refractivity contribution in [1.29, 1.82) is 0 Å². The summed E-state index contributed by atoms with van der Waals surface area (Å²) in [6.45, 7) is 4.74. The molecule has 3 nitrogen and oxygen atoms in total. The molecule has 0 aliphatic carbocycles. The van der Waals surface area contributed by atoms with Gasteiger partial charge in [-0.05, 0) is 37.8 Å². The van der Waals surface area contributed by atoms with Crippen LogP contribution in [0.1, 0.15) is 38.7 Å². The lowest BCUT2D eigenvalue weighted by Crippen LogP contribution is -2.42. The summed E-state index contributed by atoms with van der Waals surface area (Å²) in [4.78, 5) is 13.8.